The maximum atomic E-state index is 2.30. The summed E-state index contributed by atoms with van der Waals surface area (Å²) < 4.78 is 0. The number of benzene rings is 2. The molecule has 1 aliphatic carbocycles. The summed E-state index contributed by atoms with van der Waals surface area (Å²) in [6.45, 7) is 0. The van der Waals surface area contributed by atoms with Crippen molar-refractivity contribution < 1.29 is 0 Å². The SMILES string of the molecule is C1=C(c2ccccc2)CCCC(c2ccccc2)=C1. The van der Waals surface area contributed by atoms with Crippen LogP contribution in [-0.2, 0) is 0 Å². The van der Waals surface area contributed by atoms with Gasteiger partial charge in [-0.2, -0.15) is 0 Å². The highest BCUT2D eigenvalue weighted by atomic mass is 14.1. The van der Waals surface area contributed by atoms with Gasteiger partial charge in [0.05, 0.1) is 0 Å². The molecule has 0 aliphatic heterocycles. The number of allylic oxidation sites excluding steroid dienone is 4. The number of rotatable bonds is 2. The van der Waals surface area contributed by atoms with Crippen molar-refractivity contribution in [3.63, 3.8) is 0 Å². The lowest BCUT2D eigenvalue weighted by molar-refractivity contribution is 0.897. The first kappa shape index (κ1) is 12.0. The molecule has 0 bridgehead atoms. The fraction of sp³-hybridized carbons (Fsp3) is 0.158. The van der Waals surface area contributed by atoms with E-state index in [1.807, 2.05) is 0 Å². The van der Waals surface area contributed by atoms with E-state index in [9.17, 15) is 0 Å². The molecule has 94 valence electrons. The fourth-order valence-electron chi connectivity index (χ4n) is 2.62. The van der Waals surface area contributed by atoms with E-state index in [0.717, 1.165) is 12.8 Å². The van der Waals surface area contributed by atoms with Gasteiger partial charge in [-0.25, -0.2) is 0 Å². The second kappa shape index (κ2) is 5.71. The molecule has 0 saturated heterocycles. The minimum atomic E-state index is 1.16. The van der Waals surface area contributed by atoms with Gasteiger partial charge >= 0.3 is 0 Å². The number of hydrogen-bond acceptors (Lipinski definition) is 0. The Hall–Kier alpha value is -2.08. The first-order chi connectivity index (χ1) is 9.43. The summed E-state index contributed by atoms with van der Waals surface area (Å²) in [5, 5.41) is 0. The molecule has 2 aromatic carbocycles. The van der Waals surface area contributed by atoms with Crippen molar-refractivity contribution in [2.45, 2.75) is 19.3 Å². The molecule has 0 amide bonds. The van der Waals surface area contributed by atoms with E-state index in [0.29, 0.717) is 0 Å². The summed E-state index contributed by atoms with van der Waals surface area (Å²) in [6, 6.07) is 21.4. The van der Waals surface area contributed by atoms with Crippen molar-refractivity contribution in [1.29, 1.82) is 0 Å². The highest BCUT2D eigenvalue weighted by Gasteiger charge is 2.07. The summed E-state index contributed by atoms with van der Waals surface area (Å²) in [4.78, 5) is 0. The largest absolute Gasteiger partial charge is 0.0622 e. The molecule has 0 aromatic heterocycles. The lowest BCUT2D eigenvalue weighted by Crippen LogP contribution is -1.84. The van der Waals surface area contributed by atoms with E-state index in [2.05, 4.69) is 72.8 Å². The molecule has 0 spiro atoms. The predicted octanol–water partition coefficient (Wildman–Crippen LogP) is 5.34. The molecule has 19 heavy (non-hydrogen) atoms. The van der Waals surface area contributed by atoms with E-state index in [4.69, 9.17) is 0 Å². The number of hydrogen-bond donors (Lipinski definition) is 0. The summed E-state index contributed by atoms with van der Waals surface area (Å²) in [5.41, 5.74) is 5.61. The second-order valence-electron chi connectivity index (χ2n) is 4.97. The van der Waals surface area contributed by atoms with E-state index < -0.39 is 0 Å². The molecule has 1 aliphatic rings. The van der Waals surface area contributed by atoms with Crippen LogP contribution >= 0.6 is 0 Å². The van der Waals surface area contributed by atoms with Crippen LogP contribution in [0.4, 0.5) is 0 Å². The van der Waals surface area contributed by atoms with Gasteiger partial charge in [-0.3, -0.25) is 0 Å². The smallest absolute Gasteiger partial charge is 0.0225 e. The van der Waals surface area contributed by atoms with E-state index in [1.165, 1.54) is 28.7 Å². The van der Waals surface area contributed by atoms with Crippen molar-refractivity contribution >= 4 is 11.1 Å². The van der Waals surface area contributed by atoms with Crippen LogP contribution in [0.25, 0.3) is 11.1 Å². The Labute approximate surface area is 115 Å². The molecule has 0 unspecified atom stereocenters. The molecule has 0 saturated carbocycles. The molecular weight excluding hydrogens is 228 g/mol. The molecule has 0 N–H and O–H groups in total. The third-order valence-corrected chi connectivity index (χ3v) is 3.67. The lowest BCUT2D eigenvalue weighted by Gasteiger charge is -2.05. The minimum Gasteiger partial charge on any atom is -0.0622 e. The monoisotopic (exact) mass is 246 g/mol. The molecule has 0 atom stereocenters. The molecule has 0 heteroatoms. The predicted molar refractivity (Wildman–Crippen MR) is 82.7 cm³/mol. The van der Waals surface area contributed by atoms with Gasteiger partial charge in [0, 0.05) is 0 Å². The van der Waals surface area contributed by atoms with Crippen LogP contribution < -0.4 is 0 Å². The second-order valence-corrected chi connectivity index (χ2v) is 4.97. The average Bonchev–Trinajstić information content (AvgIpc) is 2.75. The van der Waals surface area contributed by atoms with Crippen molar-refractivity contribution in [3.8, 4) is 0 Å². The van der Waals surface area contributed by atoms with Gasteiger partial charge in [0.25, 0.3) is 0 Å². The average molecular weight is 246 g/mol. The van der Waals surface area contributed by atoms with Gasteiger partial charge < -0.3 is 0 Å². The molecular formula is C19H18. The maximum Gasteiger partial charge on any atom is -0.0225 e. The van der Waals surface area contributed by atoms with E-state index >= 15 is 0 Å². The molecule has 0 fully saturated rings. The third-order valence-electron chi connectivity index (χ3n) is 3.67. The van der Waals surface area contributed by atoms with Crippen molar-refractivity contribution in [3.05, 3.63) is 83.9 Å². The Bertz CT molecular complexity index is 533. The Kier molecular flexibility index (Phi) is 3.60. The Balaban J connectivity index is 1.90. The summed E-state index contributed by atoms with van der Waals surface area (Å²) in [5.74, 6) is 0. The van der Waals surface area contributed by atoms with Crippen molar-refractivity contribution in [2.24, 2.45) is 0 Å². The van der Waals surface area contributed by atoms with Crippen LogP contribution in [0.2, 0.25) is 0 Å². The van der Waals surface area contributed by atoms with Crippen molar-refractivity contribution in [2.75, 3.05) is 0 Å². The Morgan fingerprint density at radius 3 is 1.37 bits per heavy atom. The lowest BCUT2D eigenvalue weighted by atomic mass is 10.00. The highest BCUT2D eigenvalue weighted by molar-refractivity contribution is 5.74. The normalized spacial score (nSPS) is 15.4. The third kappa shape index (κ3) is 2.85. The van der Waals surface area contributed by atoms with Crippen molar-refractivity contribution in [1.82, 2.24) is 0 Å². The molecule has 0 radical (unpaired) electrons. The zero-order chi connectivity index (χ0) is 12.9. The van der Waals surface area contributed by atoms with Gasteiger partial charge in [0.2, 0.25) is 0 Å². The van der Waals surface area contributed by atoms with Gasteiger partial charge in [0.15, 0.2) is 0 Å². The minimum absolute atomic E-state index is 1.16. The standard InChI is InChI=1S/C19H18/c1-3-8-16(9-4-1)18-12-7-13-19(15-14-18)17-10-5-2-6-11-17/h1-6,8-11,14-15H,7,12-13H2. The highest BCUT2D eigenvalue weighted by Crippen LogP contribution is 2.29. The van der Waals surface area contributed by atoms with Crippen LogP contribution in [0, 0.1) is 0 Å². The topological polar surface area (TPSA) is 0 Å². The van der Waals surface area contributed by atoms with Crippen LogP contribution in [-0.4, -0.2) is 0 Å². The first-order valence-corrected chi connectivity index (χ1v) is 6.94. The van der Waals surface area contributed by atoms with Crippen LogP contribution in [0.1, 0.15) is 30.4 Å². The molecule has 2 aromatic rings. The molecule has 0 heterocycles. The van der Waals surface area contributed by atoms with Gasteiger partial charge in [-0.1, -0.05) is 72.8 Å². The Morgan fingerprint density at radius 2 is 0.947 bits per heavy atom. The van der Waals surface area contributed by atoms with Gasteiger partial charge in [0.1, 0.15) is 0 Å². The van der Waals surface area contributed by atoms with E-state index in [1.54, 1.807) is 0 Å². The molecule has 0 nitrogen and oxygen atoms in total. The molecule has 3 rings (SSSR count). The summed E-state index contributed by atoms with van der Waals surface area (Å²) >= 11 is 0. The van der Waals surface area contributed by atoms with Crippen LogP contribution in [0.3, 0.4) is 0 Å². The fourth-order valence-corrected chi connectivity index (χ4v) is 2.62. The van der Waals surface area contributed by atoms with Gasteiger partial charge in [-0.05, 0) is 41.5 Å². The first-order valence-electron chi connectivity index (χ1n) is 6.94. The summed E-state index contributed by atoms with van der Waals surface area (Å²) in [6.07, 6.45) is 8.14. The van der Waals surface area contributed by atoms with Gasteiger partial charge in [-0.15, -0.1) is 0 Å². The quantitative estimate of drug-likeness (QED) is 0.671. The zero-order valence-electron chi connectivity index (χ0n) is 11.0. The van der Waals surface area contributed by atoms with Crippen LogP contribution in [0.15, 0.2) is 72.8 Å². The summed E-state index contributed by atoms with van der Waals surface area (Å²) in [7, 11) is 0. The van der Waals surface area contributed by atoms with Crippen LogP contribution in [0.5, 0.6) is 0 Å². The van der Waals surface area contributed by atoms with E-state index in [-0.39, 0.29) is 0 Å². The maximum absolute atomic E-state index is 2.30. The Morgan fingerprint density at radius 1 is 0.526 bits per heavy atom. The zero-order valence-corrected chi connectivity index (χ0v) is 11.0.